The Bertz CT molecular complexity index is 469. The van der Waals surface area contributed by atoms with Gasteiger partial charge in [-0.25, -0.2) is 9.79 Å². The van der Waals surface area contributed by atoms with Crippen molar-refractivity contribution in [3.8, 4) is 0 Å². The van der Waals surface area contributed by atoms with Gasteiger partial charge >= 0.3 is 5.97 Å². The van der Waals surface area contributed by atoms with Gasteiger partial charge in [0.1, 0.15) is 12.5 Å². The van der Waals surface area contributed by atoms with Crippen LogP contribution in [0.3, 0.4) is 0 Å². The van der Waals surface area contributed by atoms with Crippen molar-refractivity contribution in [3.63, 3.8) is 0 Å². The molecule has 6 heteroatoms. The van der Waals surface area contributed by atoms with Gasteiger partial charge in [0.05, 0.1) is 5.69 Å². The van der Waals surface area contributed by atoms with E-state index in [1.165, 1.54) is 11.8 Å². The van der Waals surface area contributed by atoms with E-state index in [-0.39, 0.29) is 12.5 Å². The van der Waals surface area contributed by atoms with Crippen LogP contribution in [0.5, 0.6) is 0 Å². The van der Waals surface area contributed by atoms with E-state index < -0.39 is 5.97 Å². The summed E-state index contributed by atoms with van der Waals surface area (Å²) in [5.74, 6) is -0.272. The van der Waals surface area contributed by atoms with Crippen molar-refractivity contribution in [2.75, 3.05) is 19.2 Å². The van der Waals surface area contributed by atoms with Crippen LogP contribution in [-0.2, 0) is 14.3 Å². The summed E-state index contributed by atoms with van der Waals surface area (Å²) in [4.78, 5) is 15.6. The number of hydrogen-bond donors (Lipinski definition) is 1. The fourth-order valence-electron chi connectivity index (χ4n) is 1.51. The van der Waals surface area contributed by atoms with Gasteiger partial charge in [0.15, 0.2) is 5.17 Å². The molecule has 0 fully saturated rings. The third-order valence-electron chi connectivity index (χ3n) is 2.51. The number of nitrogens with zero attached hydrogens (tertiary/aromatic N) is 1. The van der Waals surface area contributed by atoms with Gasteiger partial charge in [0, 0.05) is 6.61 Å². The summed E-state index contributed by atoms with van der Waals surface area (Å²) in [5, 5.41) is 0.367. The number of rotatable bonds is 6. The monoisotopic (exact) mass is 296 g/mol. The quantitative estimate of drug-likeness (QED) is 0.378. The van der Waals surface area contributed by atoms with E-state index in [9.17, 15) is 4.79 Å². The SMILES string of the molecule is CCOCC(=O)OCSC(N)=Nc1c(C)cccc1C. The summed E-state index contributed by atoms with van der Waals surface area (Å²) in [7, 11) is 0. The molecule has 0 aromatic heterocycles. The molecule has 0 saturated heterocycles. The molecule has 0 atom stereocenters. The predicted molar refractivity (Wildman–Crippen MR) is 82.2 cm³/mol. The van der Waals surface area contributed by atoms with Crippen molar-refractivity contribution >= 4 is 28.6 Å². The summed E-state index contributed by atoms with van der Waals surface area (Å²) < 4.78 is 9.89. The minimum absolute atomic E-state index is 0.0367. The van der Waals surface area contributed by atoms with E-state index in [0.717, 1.165) is 16.8 Å². The van der Waals surface area contributed by atoms with Crippen molar-refractivity contribution in [1.29, 1.82) is 0 Å². The molecule has 110 valence electrons. The predicted octanol–water partition coefficient (Wildman–Crippen LogP) is 2.52. The number of ether oxygens (including phenoxy) is 2. The van der Waals surface area contributed by atoms with Gasteiger partial charge in [0.2, 0.25) is 0 Å². The Morgan fingerprint density at radius 3 is 2.60 bits per heavy atom. The molecule has 0 spiro atoms. The maximum Gasteiger partial charge on any atom is 0.332 e. The van der Waals surface area contributed by atoms with Crippen LogP contribution in [0, 0.1) is 13.8 Å². The van der Waals surface area contributed by atoms with Crippen LogP contribution in [0.1, 0.15) is 18.1 Å². The molecule has 0 bridgehead atoms. The Balaban J connectivity index is 2.48. The molecule has 5 nitrogen and oxygen atoms in total. The highest BCUT2D eigenvalue weighted by Gasteiger charge is 2.05. The lowest BCUT2D eigenvalue weighted by molar-refractivity contribution is -0.146. The van der Waals surface area contributed by atoms with Gasteiger partial charge in [-0.15, -0.1) is 0 Å². The lowest BCUT2D eigenvalue weighted by Gasteiger charge is -2.07. The number of carbonyl (C=O) groups excluding carboxylic acids is 1. The highest BCUT2D eigenvalue weighted by atomic mass is 32.2. The van der Waals surface area contributed by atoms with E-state index in [2.05, 4.69) is 4.99 Å². The lowest BCUT2D eigenvalue weighted by atomic mass is 10.1. The molecule has 0 aliphatic carbocycles. The summed E-state index contributed by atoms with van der Waals surface area (Å²) in [5.41, 5.74) is 8.79. The highest BCUT2D eigenvalue weighted by Crippen LogP contribution is 2.23. The van der Waals surface area contributed by atoms with Crippen molar-refractivity contribution < 1.29 is 14.3 Å². The van der Waals surface area contributed by atoms with Crippen LogP contribution in [0.15, 0.2) is 23.2 Å². The number of aryl methyl sites for hydroxylation is 2. The summed E-state index contributed by atoms with van der Waals surface area (Å²) in [6.07, 6.45) is 0. The van der Waals surface area contributed by atoms with Gasteiger partial charge in [-0.1, -0.05) is 18.2 Å². The number of benzene rings is 1. The number of thioether (sulfide) groups is 1. The van der Waals surface area contributed by atoms with Crippen LogP contribution in [0.4, 0.5) is 5.69 Å². The number of esters is 1. The van der Waals surface area contributed by atoms with E-state index in [0.29, 0.717) is 11.8 Å². The van der Waals surface area contributed by atoms with E-state index >= 15 is 0 Å². The number of nitrogens with two attached hydrogens (primary N) is 1. The third-order valence-corrected chi connectivity index (χ3v) is 3.14. The molecule has 0 aliphatic rings. The Kier molecular flexibility index (Phi) is 7.11. The smallest absolute Gasteiger partial charge is 0.332 e. The molecular weight excluding hydrogens is 276 g/mol. The Morgan fingerprint density at radius 2 is 2.00 bits per heavy atom. The van der Waals surface area contributed by atoms with Crippen molar-refractivity contribution in [1.82, 2.24) is 0 Å². The van der Waals surface area contributed by atoms with Gasteiger partial charge in [-0.3, -0.25) is 0 Å². The van der Waals surface area contributed by atoms with E-state index in [1.807, 2.05) is 39.0 Å². The minimum Gasteiger partial charge on any atom is -0.452 e. The molecule has 0 aliphatic heterocycles. The first-order chi connectivity index (χ1) is 9.54. The number of aliphatic imine (C=N–C) groups is 1. The molecule has 0 amide bonds. The molecule has 1 aromatic rings. The van der Waals surface area contributed by atoms with Gasteiger partial charge < -0.3 is 15.2 Å². The van der Waals surface area contributed by atoms with Crippen LogP contribution in [0.2, 0.25) is 0 Å². The minimum atomic E-state index is -0.403. The second kappa shape index (κ2) is 8.60. The lowest BCUT2D eigenvalue weighted by Crippen LogP contribution is -2.14. The number of amidine groups is 1. The zero-order valence-corrected chi connectivity index (χ0v) is 12.8. The second-order valence-corrected chi connectivity index (χ2v) is 5.05. The first-order valence-corrected chi connectivity index (χ1v) is 7.29. The topological polar surface area (TPSA) is 73.9 Å². The number of carbonyl (C=O) groups is 1. The molecule has 20 heavy (non-hydrogen) atoms. The normalized spacial score (nSPS) is 11.4. The van der Waals surface area contributed by atoms with Crippen molar-refractivity contribution in [2.24, 2.45) is 10.7 Å². The Labute approximate surface area is 123 Å². The maximum atomic E-state index is 11.2. The molecule has 0 unspecified atom stereocenters. The zero-order valence-electron chi connectivity index (χ0n) is 12.0. The second-order valence-electron chi connectivity index (χ2n) is 4.11. The molecule has 1 rings (SSSR count). The zero-order chi connectivity index (χ0) is 15.0. The van der Waals surface area contributed by atoms with Crippen LogP contribution < -0.4 is 5.73 Å². The molecular formula is C14H20N2O3S. The highest BCUT2D eigenvalue weighted by molar-refractivity contribution is 8.13. The van der Waals surface area contributed by atoms with Crippen LogP contribution in [-0.4, -0.2) is 30.3 Å². The first kappa shape index (κ1) is 16.5. The standard InChI is InChI=1S/C14H20N2O3S/c1-4-18-8-12(17)19-9-20-14(15)16-13-10(2)6-5-7-11(13)3/h5-7H,4,8-9H2,1-3H3,(H2,15,16). The van der Waals surface area contributed by atoms with Gasteiger partial charge in [0.25, 0.3) is 0 Å². The van der Waals surface area contributed by atoms with Crippen molar-refractivity contribution in [2.45, 2.75) is 20.8 Å². The fraction of sp³-hybridized carbons (Fsp3) is 0.429. The summed E-state index contributed by atoms with van der Waals surface area (Å²) >= 11 is 1.18. The number of hydrogen-bond acceptors (Lipinski definition) is 5. The molecule has 2 N–H and O–H groups in total. The van der Waals surface area contributed by atoms with E-state index in [1.54, 1.807) is 0 Å². The van der Waals surface area contributed by atoms with E-state index in [4.69, 9.17) is 15.2 Å². The molecule has 0 radical (unpaired) electrons. The van der Waals surface area contributed by atoms with Gasteiger partial charge in [-0.2, -0.15) is 0 Å². The Hall–Kier alpha value is -1.53. The van der Waals surface area contributed by atoms with Crippen LogP contribution >= 0.6 is 11.8 Å². The average molecular weight is 296 g/mol. The summed E-state index contributed by atoms with van der Waals surface area (Å²) in [6.45, 7) is 6.22. The first-order valence-electron chi connectivity index (χ1n) is 6.31. The fourth-order valence-corrected chi connectivity index (χ4v) is 1.97. The summed E-state index contributed by atoms with van der Waals surface area (Å²) in [6, 6.07) is 5.93. The Morgan fingerprint density at radius 1 is 1.35 bits per heavy atom. The average Bonchev–Trinajstić information content (AvgIpc) is 2.41. The van der Waals surface area contributed by atoms with Crippen LogP contribution in [0.25, 0.3) is 0 Å². The molecule has 1 aromatic carbocycles. The number of para-hydroxylation sites is 1. The third kappa shape index (κ3) is 5.63. The maximum absolute atomic E-state index is 11.2. The van der Waals surface area contributed by atoms with Gasteiger partial charge in [-0.05, 0) is 43.7 Å². The molecule has 0 saturated carbocycles. The van der Waals surface area contributed by atoms with Crippen molar-refractivity contribution in [3.05, 3.63) is 29.3 Å². The largest absolute Gasteiger partial charge is 0.452 e. The molecule has 0 heterocycles.